The molecule has 0 unspecified atom stereocenters. The Kier molecular flexibility index (Phi) is 4.69. The Morgan fingerprint density at radius 1 is 1.38 bits per heavy atom. The van der Waals surface area contributed by atoms with Crippen molar-refractivity contribution in [3.05, 3.63) is 24.0 Å². The lowest BCUT2D eigenvalue weighted by atomic mass is 10.2. The Labute approximate surface area is 131 Å². The number of halogens is 1. The molecule has 1 saturated carbocycles. The van der Waals surface area contributed by atoms with E-state index in [2.05, 4.69) is 23.6 Å². The number of hydrogen-bond donors (Lipinski definition) is 0. The van der Waals surface area contributed by atoms with Gasteiger partial charge in [-0.25, -0.2) is 4.98 Å². The van der Waals surface area contributed by atoms with Crippen molar-refractivity contribution in [3.63, 3.8) is 0 Å². The van der Waals surface area contributed by atoms with Crippen molar-refractivity contribution in [2.24, 2.45) is 5.92 Å². The third-order valence-corrected chi connectivity index (χ3v) is 4.25. The molecule has 0 amide bonds. The lowest BCUT2D eigenvalue weighted by Gasteiger charge is -2.08. The van der Waals surface area contributed by atoms with Crippen LogP contribution in [-0.2, 0) is 13.0 Å². The van der Waals surface area contributed by atoms with E-state index in [4.69, 9.17) is 21.3 Å². The number of rotatable bonds is 8. The van der Waals surface area contributed by atoms with Crippen molar-refractivity contribution in [2.45, 2.75) is 45.6 Å². The van der Waals surface area contributed by atoms with Crippen molar-refractivity contribution < 1.29 is 4.74 Å². The van der Waals surface area contributed by atoms with Crippen molar-refractivity contribution in [3.8, 4) is 5.75 Å². The second-order valence-corrected chi connectivity index (χ2v) is 6.20. The number of ether oxygens (including phenoxy) is 1. The molecule has 0 aliphatic heterocycles. The zero-order chi connectivity index (χ0) is 14.7. The van der Waals surface area contributed by atoms with E-state index in [0.29, 0.717) is 5.88 Å². The predicted molar refractivity (Wildman–Crippen MR) is 87.3 cm³/mol. The zero-order valence-corrected chi connectivity index (χ0v) is 13.4. The van der Waals surface area contributed by atoms with Gasteiger partial charge >= 0.3 is 0 Å². The molecule has 114 valence electrons. The lowest BCUT2D eigenvalue weighted by Crippen LogP contribution is -2.05. The molecule has 1 aromatic carbocycles. The summed E-state index contributed by atoms with van der Waals surface area (Å²) in [6.45, 7) is 3.90. The third-order valence-electron chi connectivity index (χ3n) is 4.06. The summed E-state index contributed by atoms with van der Waals surface area (Å²) in [5, 5.41) is 0. The normalized spacial score (nSPS) is 14.8. The highest BCUT2D eigenvalue weighted by atomic mass is 35.5. The summed E-state index contributed by atoms with van der Waals surface area (Å²) >= 11 is 5.95. The SMILES string of the molecule is CCCOc1cccc2c1nc(CCCl)n2CCC1CC1. The number of imidazole rings is 1. The standard InChI is InChI=1S/C17H23ClN2O/c1-2-12-21-15-5-3-4-14-17(15)19-16(8-10-18)20(14)11-9-13-6-7-13/h3-5,13H,2,6-12H2,1H3. The van der Waals surface area contributed by atoms with Gasteiger partial charge < -0.3 is 9.30 Å². The largest absolute Gasteiger partial charge is 0.491 e. The van der Waals surface area contributed by atoms with Gasteiger partial charge in [0, 0.05) is 18.8 Å². The maximum atomic E-state index is 5.95. The number of aromatic nitrogens is 2. The Hall–Kier alpha value is -1.22. The minimum atomic E-state index is 0.609. The van der Waals surface area contributed by atoms with Gasteiger partial charge in [-0.05, 0) is 30.9 Å². The molecule has 0 bridgehead atoms. The van der Waals surface area contributed by atoms with Crippen LogP contribution in [0.1, 0.15) is 38.4 Å². The molecule has 1 aliphatic rings. The first-order valence-electron chi connectivity index (χ1n) is 8.00. The van der Waals surface area contributed by atoms with Crippen LogP contribution in [-0.4, -0.2) is 22.0 Å². The Morgan fingerprint density at radius 3 is 2.95 bits per heavy atom. The summed E-state index contributed by atoms with van der Waals surface area (Å²) in [6.07, 6.45) is 5.85. The maximum Gasteiger partial charge on any atom is 0.147 e. The topological polar surface area (TPSA) is 27.1 Å². The lowest BCUT2D eigenvalue weighted by molar-refractivity contribution is 0.320. The smallest absolute Gasteiger partial charge is 0.147 e. The van der Waals surface area contributed by atoms with Gasteiger partial charge in [0.25, 0.3) is 0 Å². The number of hydrogen-bond acceptors (Lipinski definition) is 2. The van der Waals surface area contributed by atoms with Crippen LogP contribution in [0.2, 0.25) is 0 Å². The van der Waals surface area contributed by atoms with Crippen LogP contribution in [0.25, 0.3) is 11.0 Å². The molecule has 1 heterocycles. The van der Waals surface area contributed by atoms with Gasteiger partial charge in [-0.15, -0.1) is 11.6 Å². The highest BCUT2D eigenvalue weighted by molar-refractivity contribution is 6.17. The Bertz CT molecular complexity index is 604. The van der Waals surface area contributed by atoms with Gasteiger partial charge in [-0.1, -0.05) is 25.8 Å². The summed E-state index contributed by atoms with van der Waals surface area (Å²) in [4.78, 5) is 4.81. The van der Waals surface area contributed by atoms with E-state index in [1.807, 2.05) is 6.07 Å². The molecule has 1 fully saturated rings. The molecule has 0 radical (unpaired) electrons. The van der Waals surface area contributed by atoms with E-state index < -0.39 is 0 Å². The molecule has 0 N–H and O–H groups in total. The van der Waals surface area contributed by atoms with Gasteiger partial charge in [-0.3, -0.25) is 0 Å². The molecule has 2 aromatic rings. The fraction of sp³-hybridized carbons (Fsp3) is 0.588. The summed E-state index contributed by atoms with van der Waals surface area (Å²) in [5.74, 6) is 3.52. The first kappa shape index (κ1) is 14.7. The summed E-state index contributed by atoms with van der Waals surface area (Å²) < 4.78 is 8.19. The van der Waals surface area contributed by atoms with E-state index in [0.717, 1.165) is 49.0 Å². The molecule has 0 saturated heterocycles. The van der Waals surface area contributed by atoms with Crippen LogP contribution in [0, 0.1) is 5.92 Å². The second kappa shape index (κ2) is 6.69. The molecule has 0 spiro atoms. The molecule has 1 aromatic heterocycles. The molecule has 3 nitrogen and oxygen atoms in total. The molecule has 0 atom stereocenters. The first-order chi connectivity index (χ1) is 10.3. The van der Waals surface area contributed by atoms with Gasteiger partial charge in [0.1, 0.15) is 17.1 Å². The summed E-state index contributed by atoms with van der Waals surface area (Å²) in [5.41, 5.74) is 2.17. The first-order valence-corrected chi connectivity index (χ1v) is 8.53. The predicted octanol–water partition coefficient (Wildman–Crippen LogP) is 4.41. The van der Waals surface area contributed by atoms with Crippen molar-refractivity contribution in [1.29, 1.82) is 0 Å². The number of benzene rings is 1. The van der Waals surface area contributed by atoms with Gasteiger partial charge in [0.15, 0.2) is 0 Å². The number of alkyl halides is 1. The van der Waals surface area contributed by atoms with Crippen molar-refractivity contribution in [2.75, 3.05) is 12.5 Å². The average Bonchev–Trinajstić information content (AvgIpc) is 3.25. The van der Waals surface area contributed by atoms with Crippen LogP contribution in [0.5, 0.6) is 5.75 Å². The monoisotopic (exact) mass is 306 g/mol. The van der Waals surface area contributed by atoms with E-state index >= 15 is 0 Å². The molecular formula is C17H23ClN2O. The number of para-hydroxylation sites is 1. The van der Waals surface area contributed by atoms with Crippen molar-refractivity contribution in [1.82, 2.24) is 9.55 Å². The van der Waals surface area contributed by atoms with E-state index in [9.17, 15) is 0 Å². The van der Waals surface area contributed by atoms with E-state index in [-0.39, 0.29) is 0 Å². The maximum absolute atomic E-state index is 5.95. The minimum absolute atomic E-state index is 0.609. The number of nitrogens with zero attached hydrogens (tertiary/aromatic N) is 2. The van der Waals surface area contributed by atoms with Crippen LogP contribution in [0.15, 0.2) is 18.2 Å². The highest BCUT2D eigenvalue weighted by Gasteiger charge is 2.22. The van der Waals surface area contributed by atoms with E-state index in [1.54, 1.807) is 0 Å². The van der Waals surface area contributed by atoms with Gasteiger partial charge in [0.2, 0.25) is 0 Å². The zero-order valence-electron chi connectivity index (χ0n) is 12.6. The minimum Gasteiger partial charge on any atom is -0.491 e. The van der Waals surface area contributed by atoms with Crippen LogP contribution in [0.3, 0.4) is 0 Å². The Morgan fingerprint density at radius 2 is 2.24 bits per heavy atom. The number of aryl methyl sites for hydroxylation is 2. The van der Waals surface area contributed by atoms with Crippen molar-refractivity contribution >= 4 is 22.6 Å². The fourth-order valence-corrected chi connectivity index (χ4v) is 2.91. The summed E-state index contributed by atoms with van der Waals surface area (Å²) in [6, 6.07) is 6.22. The fourth-order valence-electron chi connectivity index (χ4n) is 2.74. The van der Waals surface area contributed by atoms with Crippen LogP contribution in [0.4, 0.5) is 0 Å². The van der Waals surface area contributed by atoms with Gasteiger partial charge in [-0.2, -0.15) is 0 Å². The Balaban J connectivity index is 1.94. The molecule has 21 heavy (non-hydrogen) atoms. The average molecular weight is 307 g/mol. The van der Waals surface area contributed by atoms with E-state index in [1.165, 1.54) is 24.8 Å². The molecule has 3 rings (SSSR count). The molecule has 4 heteroatoms. The highest BCUT2D eigenvalue weighted by Crippen LogP contribution is 2.34. The van der Waals surface area contributed by atoms with Crippen LogP contribution >= 0.6 is 11.6 Å². The molecule has 1 aliphatic carbocycles. The number of fused-ring (bicyclic) bond motifs is 1. The van der Waals surface area contributed by atoms with Crippen LogP contribution < -0.4 is 4.74 Å². The summed E-state index contributed by atoms with van der Waals surface area (Å²) in [7, 11) is 0. The molecular weight excluding hydrogens is 284 g/mol. The second-order valence-electron chi connectivity index (χ2n) is 5.82. The third kappa shape index (κ3) is 3.34. The quantitative estimate of drug-likeness (QED) is 0.676. The van der Waals surface area contributed by atoms with Gasteiger partial charge in [0.05, 0.1) is 12.1 Å².